The molecule has 0 saturated heterocycles. The van der Waals surface area contributed by atoms with Crippen molar-refractivity contribution in [1.29, 1.82) is 0 Å². The van der Waals surface area contributed by atoms with Gasteiger partial charge in [-0.15, -0.1) is 0 Å². The van der Waals surface area contributed by atoms with Gasteiger partial charge in [-0.3, -0.25) is 0 Å². The van der Waals surface area contributed by atoms with Crippen LogP contribution in [-0.4, -0.2) is 14.7 Å². The first-order valence-corrected chi connectivity index (χ1v) is 6.83. The van der Waals surface area contributed by atoms with Crippen molar-refractivity contribution in [2.24, 2.45) is 0 Å². The Labute approximate surface area is 120 Å². The summed E-state index contributed by atoms with van der Waals surface area (Å²) in [4.78, 5) is 4.26. The summed E-state index contributed by atoms with van der Waals surface area (Å²) in [5.41, 5.74) is 0.673. The highest BCUT2D eigenvalue weighted by molar-refractivity contribution is 5.28. The Balaban J connectivity index is 1.88. The maximum Gasteiger partial charge on any atom is 0.416 e. The van der Waals surface area contributed by atoms with Crippen LogP contribution in [0.1, 0.15) is 41.6 Å². The monoisotopic (exact) mass is 296 g/mol. The summed E-state index contributed by atoms with van der Waals surface area (Å²) in [6.45, 7) is 0.751. The van der Waals surface area contributed by atoms with Gasteiger partial charge in [0, 0.05) is 13.0 Å². The van der Waals surface area contributed by atoms with E-state index in [9.17, 15) is 18.3 Å². The van der Waals surface area contributed by atoms with Gasteiger partial charge < -0.3 is 9.67 Å². The third-order valence-electron chi connectivity index (χ3n) is 3.79. The summed E-state index contributed by atoms with van der Waals surface area (Å²) in [5.74, 6) is 0.697. The first-order chi connectivity index (χ1) is 9.95. The molecule has 112 valence electrons. The molecule has 6 heteroatoms. The molecule has 3 rings (SSSR count). The summed E-state index contributed by atoms with van der Waals surface area (Å²) in [6.07, 6.45) is -1.36. The number of aromatic nitrogens is 2. The highest BCUT2D eigenvalue weighted by atomic mass is 19.4. The smallest absolute Gasteiger partial charge is 0.387 e. The Kier molecular flexibility index (Phi) is 3.49. The highest BCUT2D eigenvalue weighted by Crippen LogP contribution is 2.31. The van der Waals surface area contributed by atoms with Crippen molar-refractivity contribution in [3.63, 3.8) is 0 Å². The fraction of sp³-hybridized carbons (Fsp3) is 0.400. The summed E-state index contributed by atoms with van der Waals surface area (Å²) in [5, 5.41) is 9.88. The minimum absolute atomic E-state index is 0.330. The number of aliphatic hydroxyl groups excluding tert-OH is 1. The van der Waals surface area contributed by atoms with E-state index in [1.54, 1.807) is 12.3 Å². The molecule has 1 aromatic carbocycles. The Morgan fingerprint density at radius 2 is 2.14 bits per heavy atom. The van der Waals surface area contributed by atoms with E-state index in [0.717, 1.165) is 30.8 Å². The van der Waals surface area contributed by atoms with Crippen molar-refractivity contribution >= 4 is 0 Å². The van der Waals surface area contributed by atoms with Crippen molar-refractivity contribution in [3.8, 4) is 0 Å². The number of hydrogen-bond donors (Lipinski definition) is 1. The summed E-state index contributed by atoms with van der Waals surface area (Å²) in [6, 6.07) is 5.29. The molecule has 0 saturated carbocycles. The van der Waals surface area contributed by atoms with Crippen LogP contribution in [0.25, 0.3) is 0 Å². The molecule has 0 radical (unpaired) electrons. The Bertz CT molecular complexity index is 649. The fourth-order valence-electron chi connectivity index (χ4n) is 2.73. The Hall–Kier alpha value is -1.82. The van der Waals surface area contributed by atoms with Gasteiger partial charge in [0.15, 0.2) is 0 Å². The molecule has 1 N–H and O–H groups in total. The first kappa shape index (κ1) is 14.1. The van der Waals surface area contributed by atoms with Gasteiger partial charge >= 0.3 is 6.18 Å². The van der Waals surface area contributed by atoms with E-state index in [4.69, 9.17) is 0 Å². The molecule has 1 atom stereocenters. The molecular weight excluding hydrogens is 281 g/mol. The number of hydrogen-bond acceptors (Lipinski definition) is 2. The maximum absolute atomic E-state index is 12.7. The van der Waals surface area contributed by atoms with Crippen LogP contribution in [0.4, 0.5) is 13.2 Å². The van der Waals surface area contributed by atoms with Crippen LogP contribution < -0.4 is 0 Å². The number of imidazole rings is 1. The lowest BCUT2D eigenvalue weighted by atomic mass is 10.1. The molecular formula is C15H15F3N2O. The van der Waals surface area contributed by atoms with E-state index >= 15 is 0 Å². The van der Waals surface area contributed by atoms with Crippen LogP contribution in [0, 0.1) is 0 Å². The molecule has 1 aliphatic rings. The average molecular weight is 296 g/mol. The number of halogens is 3. The zero-order valence-electron chi connectivity index (χ0n) is 11.3. The lowest BCUT2D eigenvalue weighted by Gasteiger charge is -2.21. The van der Waals surface area contributed by atoms with Gasteiger partial charge in [-0.1, -0.05) is 18.2 Å². The largest absolute Gasteiger partial charge is 0.416 e. The van der Waals surface area contributed by atoms with Crippen molar-refractivity contribution in [2.75, 3.05) is 0 Å². The van der Waals surface area contributed by atoms with Gasteiger partial charge in [0.05, 0.1) is 23.6 Å². The van der Waals surface area contributed by atoms with E-state index in [0.29, 0.717) is 24.2 Å². The fourth-order valence-corrected chi connectivity index (χ4v) is 2.73. The van der Waals surface area contributed by atoms with Gasteiger partial charge in [0.1, 0.15) is 5.82 Å². The number of nitrogens with zero attached hydrogens (tertiary/aromatic N) is 2. The predicted octanol–water partition coefficient (Wildman–Crippen LogP) is 3.32. The first-order valence-electron chi connectivity index (χ1n) is 6.83. The van der Waals surface area contributed by atoms with Crippen molar-refractivity contribution in [1.82, 2.24) is 9.55 Å². The lowest BCUT2D eigenvalue weighted by molar-refractivity contribution is -0.137. The normalized spacial score (nSPS) is 18.6. The number of benzene rings is 1. The van der Waals surface area contributed by atoms with Crippen molar-refractivity contribution in [2.45, 2.75) is 38.1 Å². The molecule has 3 nitrogen and oxygen atoms in total. The number of rotatable bonds is 2. The minimum Gasteiger partial charge on any atom is -0.387 e. The molecule has 1 aliphatic heterocycles. The van der Waals surface area contributed by atoms with Crippen LogP contribution in [0.5, 0.6) is 0 Å². The molecule has 2 aromatic rings. The molecule has 2 heterocycles. The van der Waals surface area contributed by atoms with E-state index in [1.165, 1.54) is 6.07 Å². The summed E-state index contributed by atoms with van der Waals surface area (Å²) < 4.78 is 40.1. The zero-order valence-corrected chi connectivity index (χ0v) is 11.3. The van der Waals surface area contributed by atoms with Crippen LogP contribution >= 0.6 is 0 Å². The number of alkyl halides is 3. The molecule has 0 amide bonds. The Morgan fingerprint density at radius 1 is 1.33 bits per heavy atom. The topological polar surface area (TPSA) is 38.0 Å². The van der Waals surface area contributed by atoms with Crippen molar-refractivity contribution in [3.05, 3.63) is 53.1 Å². The SMILES string of the molecule is OC1CCCn2c1cnc2Cc1cccc(C(F)(F)F)c1. The maximum atomic E-state index is 12.7. The third-order valence-corrected chi connectivity index (χ3v) is 3.79. The molecule has 0 spiro atoms. The summed E-state index contributed by atoms with van der Waals surface area (Å²) >= 11 is 0. The van der Waals surface area contributed by atoms with Gasteiger partial charge in [0.2, 0.25) is 0 Å². The van der Waals surface area contributed by atoms with Gasteiger partial charge in [-0.25, -0.2) is 4.98 Å². The van der Waals surface area contributed by atoms with E-state index < -0.39 is 17.8 Å². The second kappa shape index (κ2) is 5.18. The third kappa shape index (κ3) is 2.81. The van der Waals surface area contributed by atoms with Gasteiger partial charge in [-0.05, 0) is 24.5 Å². The summed E-state index contributed by atoms with van der Waals surface area (Å²) in [7, 11) is 0. The quantitative estimate of drug-likeness (QED) is 0.923. The standard InChI is InChI=1S/C15H15F3N2O/c16-15(17,18)11-4-1-3-10(7-11)8-14-19-9-12-13(21)5-2-6-20(12)14/h1,3-4,7,9,13,21H,2,5-6,8H2. The molecule has 1 aromatic heterocycles. The van der Waals surface area contributed by atoms with Gasteiger partial charge in [0.25, 0.3) is 0 Å². The number of fused-ring (bicyclic) bond motifs is 1. The predicted molar refractivity (Wildman–Crippen MR) is 70.7 cm³/mol. The molecule has 0 bridgehead atoms. The lowest BCUT2D eigenvalue weighted by Crippen LogP contribution is -2.17. The van der Waals surface area contributed by atoms with Crippen LogP contribution in [0.3, 0.4) is 0 Å². The van der Waals surface area contributed by atoms with Crippen molar-refractivity contribution < 1.29 is 18.3 Å². The minimum atomic E-state index is -4.34. The zero-order chi connectivity index (χ0) is 15.0. The van der Waals surface area contributed by atoms with Crippen LogP contribution in [0.15, 0.2) is 30.5 Å². The Morgan fingerprint density at radius 3 is 2.90 bits per heavy atom. The average Bonchev–Trinajstić information content (AvgIpc) is 2.83. The second-order valence-corrected chi connectivity index (χ2v) is 5.28. The second-order valence-electron chi connectivity index (χ2n) is 5.28. The van der Waals surface area contributed by atoms with E-state index in [1.807, 2.05) is 4.57 Å². The highest BCUT2D eigenvalue weighted by Gasteiger charge is 2.30. The van der Waals surface area contributed by atoms with Crippen LogP contribution in [-0.2, 0) is 19.1 Å². The molecule has 21 heavy (non-hydrogen) atoms. The molecule has 0 aliphatic carbocycles. The van der Waals surface area contributed by atoms with Crippen LogP contribution in [0.2, 0.25) is 0 Å². The van der Waals surface area contributed by atoms with E-state index in [2.05, 4.69) is 4.98 Å². The number of aliphatic hydroxyl groups is 1. The van der Waals surface area contributed by atoms with Gasteiger partial charge in [-0.2, -0.15) is 13.2 Å². The molecule has 0 fully saturated rings. The van der Waals surface area contributed by atoms with E-state index in [-0.39, 0.29) is 0 Å². The molecule has 1 unspecified atom stereocenters.